The third-order valence-corrected chi connectivity index (χ3v) is 2.16. The maximum atomic E-state index is 10.8. The Labute approximate surface area is 61.2 Å². The average molecular weight is 142 g/mol. The van der Waals surface area contributed by atoms with Crippen LogP contribution in [-0.2, 0) is 4.79 Å². The number of carbonyl (C=O) groups is 1. The van der Waals surface area contributed by atoms with Gasteiger partial charge in [0.2, 0.25) is 5.91 Å². The molecule has 0 aromatic heterocycles. The van der Waals surface area contributed by atoms with Crippen molar-refractivity contribution in [3.05, 3.63) is 0 Å². The van der Waals surface area contributed by atoms with Gasteiger partial charge in [-0.2, -0.15) is 0 Å². The van der Waals surface area contributed by atoms with Crippen LogP contribution in [0.4, 0.5) is 0 Å². The zero-order valence-electron chi connectivity index (χ0n) is 6.50. The molecule has 3 nitrogen and oxygen atoms in total. The molecule has 1 rings (SSSR count). The molecule has 1 aliphatic rings. The molecule has 0 unspecified atom stereocenters. The molecule has 58 valence electrons. The van der Waals surface area contributed by atoms with Crippen LogP contribution < -0.4 is 5.73 Å². The third kappa shape index (κ3) is 1.29. The molecule has 0 aliphatic carbocycles. The molecule has 1 fully saturated rings. The van der Waals surface area contributed by atoms with Gasteiger partial charge in [-0.15, -0.1) is 0 Å². The normalized spacial score (nSPS) is 34.6. The Morgan fingerprint density at radius 2 is 2.20 bits per heavy atom. The van der Waals surface area contributed by atoms with E-state index in [0.29, 0.717) is 5.92 Å². The maximum absolute atomic E-state index is 10.8. The van der Waals surface area contributed by atoms with Gasteiger partial charge in [-0.3, -0.25) is 4.79 Å². The van der Waals surface area contributed by atoms with Crippen LogP contribution in [0.25, 0.3) is 0 Å². The van der Waals surface area contributed by atoms with Gasteiger partial charge in [-0.05, 0) is 13.0 Å². The number of amides is 1. The van der Waals surface area contributed by atoms with Crippen molar-refractivity contribution in [1.82, 2.24) is 4.90 Å². The fraction of sp³-hybridized carbons (Fsp3) is 0.857. The molecule has 10 heavy (non-hydrogen) atoms. The minimum atomic E-state index is -0.156. The van der Waals surface area contributed by atoms with Crippen LogP contribution >= 0.6 is 0 Å². The zero-order valence-corrected chi connectivity index (χ0v) is 6.50. The molecule has 1 heterocycles. The molecule has 0 bridgehead atoms. The Morgan fingerprint density at radius 3 is 2.40 bits per heavy atom. The van der Waals surface area contributed by atoms with Crippen LogP contribution in [0.15, 0.2) is 0 Å². The second kappa shape index (κ2) is 2.58. The Kier molecular flexibility index (Phi) is 1.94. The number of carbonyl (C=O) groups excluding carboxylic acids is 1. The van der Waals surface area contributed by atoms with E-state index in [4.69, 9.17) is 5.73 Å². The smallest absolute Gasteiger partial charge is 0.222 e. The molecule has 0 aromatic carbocycles. The van der Waals surface area contributed by atoms with Crippen LogP contribution in [0, 0.1) is 11.8 Å². The molecule has 0 aromatic rings. The van der Waals surface area contributed by atoms with Crippen LogP contribution in [0.1, 0.15) is 6.92 Å². The first-order chi connectivity index (χ1) is 4.61. The van der Waals surface area contributed by atoms with Crippen molar-refractivity contribution in [2.24, 2.45) is 17.6 Å². The van der Waals surface area contributed by atoms with Crippen LogP contribution in [0.5, 0.6) is 0 Å². The SMILES string of the molecule is C[C@H]1CN(C)C[C@@H]1C(N)=O. The highest BCUT2D eigenvalue weighted by Crippen LogP contribution is 2.20. The minimum absolute atomic E-state index is 0.0741. The minimum Gasteiger partial charge on any atom is -0.369 e. The monoisotopic (exact) mass is 142 g/mol. The van der Waals surface area contributed by atoms with Crippen molar-refractivity contribution in [3.63, 3.8) is 0 Å². The van der Waals surface area contributed by atoms with Gasteiger partial charge in [0, 0.05) is 13.1 Å². The Balaban J connectivity index is 2.54. The molecule has 2 atom stereocenters. The number of nitrogens with two attached hydrogens (primary N) is 1. The van der Waals surface area contributed by atoms with Gasteiger partial charge in [0.15, 0.2) is 0 Å². The number of nitrogens with zero attached hydrogens (tertiary/aromatic N) is 1. The van der Waals surface area contributed by atoms with Crippen molar-refractivity contribution < 1.29 is 4.79 Å². The lowest BCUT2D eigenvalue weighted by Gasteiger charge is -2.07. The topological polar surface area (TPSA) is 46.3 Å². The number of primary amides is 1. The summed E-state index contributed by atoms with van der Waals surface area (Å²) in [4.78, 5) is 12.9. The van der Waals surface area contributed by atoms with Crippen molar-refractivity contribution in [2.45, 2.75) is 6.92 Å². The summed E-state index contributed by atoms with van der Waals surface area (Å²) in [6.07, 6.45) is 0. The highest BCUT2D eigenvalue weighted by molar-refractivity contribution is 5.77. The Morgan fingerprint density at radius 1 is 1.60 bits per heavy atom. The van der Waals surface area contributed by atoms with Gasteiger partial charge >= 0.3 is 0 Å². The predicted molar refractivity (Wildman–Crippen MR) is 39.3 cm³/mol. The summed E-state index contributed by atoms with van der Waals surface area (Å²) < 4.78 is 0. The summed E-state index contributed by atoms with van der Waals surface area (Å²) in [6, 6.07) is 0. The van der Waals surface area contributed by atoms with Gasteiger partial charge in [-0.1, -0.05) is 6.92 Å². The summed E-state index contributed by atoms with van der Waals surface area (Å²) in [7, 11) is 2.01. The van der Waals surface area contributed by atoms with Crippen molar-refractivity contribution in [1.29, 1.82) is 0 Å². The first kappa shape index (κ1) is 7.54. The molecule has 1 saturated heterocycles. The fourth-order valence-corrected chi connectivity index (χ4v) is 1.58. The van der Waals surface area contributed by atoms with Gasteiger partial charge in [0.25, 0.3) is 0 Å². The highest BCUT2D eigenvalue weighted by atomic mass is 16.1. The molecule has 1 aliphatic heterocycles. The predicted octanol–water partition coefficient (Wildman–Crippen LogP) is -0.331. The van der Waals surface area contributed by atoms with E-state index in [1.165, 1.54) is 0 Å². The summed E-state index contributed by atoms with van der Waals surface area (Å²) in [6.45, 7) is 3.89. The van der Waals surface area contributed by atoms with E-state index in [1.54, 1.807) is 0 Å². The Bertz CT molecular complexity index is 147. The van der Waals surface area contributed by atoms with Crippen LogP contribution in [0.2, 0.25) is 0 Å². The van der Waals surface area contributed by atoms with E-state index in [-0.39, 0.29) is 11.8 Å². The quantitative estimate of drug-likeness (QED) is 0.545. The van der Waals surface area contributed by atoms with Crippen molar-refractivity contribution in [2.75, 3.05) is 20.1 Å². The molecule has 0 radical (unpaired) electrons. The molecule has 1 amide bonds. The molecule has 2 N–H and O–H groups in total. The standard InChI is InChI=1S/C7H14N2O/c1-5-3-9(2)4-6(5)7(8)10/h5-6H,3-4H2,1-2H3,(H2,8,10)/t5-,6-/m0/s1. The maximum Gasteiger partial charge on any atom is 0.222 e. The van der Waals surface area contributed by atoms with Gasteiger partial charge in [-0.25, -0.2) is 0 Å². The summed E-state index contributed by atoms with van der Waals surface area (Å²) in [5, 5.41) is 0. The van der Waals surface area contributed by atoms with Crippen molar-refractivity contribution in [3.8, 4) is 0 Å². The number of likely N-dealkylation sites (tertiary alicyclic amines) is 1. The van der Waals surface area contributed by atoms with E-state index in [2.05, 4.69) is 11.8 Å². The summed E-state index contributed by atoms with van der Waals surface area (Å²) in [5.41, 5.74) is 5.18. The number of hydrogen-bond acceptors (Lipinski definition) is 2. The summed E-state index contributed by atoms with van der Waals surface area (Å²) in [5.74, 6) is 0.351. The van der Waals surface area contributed by atoms with E-state index in [9.17, 15) is 4.79 Å². The largest absolute Gasteiger partial charge is 0.369 e. The lowest BCUT2D eigenvalue weighted by Crippen LogP contribution is -2.28. The zero-order chi connectivity index (χ0) is 7.72. The lowest BCUT2D eigenvalue weighted by atomic mass is 9.98. The fourth-order valence-electron chi connectivity index (χ4n) is 1.58. The van der Waals surface area contributed by atoms with Crippen LogP contribution in [-0.4, -0.2) is 30.9 Å². The third-order valence-electron chi connectivity index (χ3n) is 2.16. The second-order valence-corrected chi connectivity index (χ2v) is 3.21. The summed E-state index contributed by atoms with van der Waals surface area (Å²) >= 11 is 0. The van der Waals surface area contributed by atoms with Crippen molar-refractivity contribution >= 4 is 5.91 Å². The number of hydrogen-bond donors (Lipinski definition) is 1. The molecule has 0 saturated carbocycles. The lowest BCUT2D eigenvalue weighted by molar-refractivity contribution is -0.122. The number of rotatable bonds is 1. The molecular weight excluding hydrogens is 128 g/mol. The first-order valence-electron chi connectivity index (χ1n) is 3.59. The van der Waals surface area contributed by atoms with Crippen LogP contribution in [0.3, 0.4) is 0 Å². The van der Waals surface area contributed by atoms with E-state index < -0.39 is 0 Å². The highest BCUT2D eigenvalue weighted by Gasteiger charge is 2.30. The van der Waals surface area contributed by atoms with Gasteiger partial charge in [0.05, 0.1) is 5.92 Å². The second-order valence-electron chi connectivity index (χ2n) is 3.21. The molecule has 3 heteroatoms. The first-order valence-corrected chi connectivity index (χ1v) is 3.59. The van der Waals surface area contributed by atoms with E-state index >= 15 is 0 Å². The van der Waals surface area contributed by atoms with E-state index in [0.717, 1.165) is 13.1 Å². The average Bonchev–Trinajstić information content (AvgIpc) is 2.10. The van der Waals surface area contributed by atoms with Gasteiger partial charge in [0.1, 0.15) is 0 Å². The molecule has 0 spiro atoms. The Hall–Kier alpha value is -0.570. The molecular formula is C7H14N2O. The van der Waals surface area contributed by atoms with E-state index in [1.807, 2.05) is 7.05 Å². The van der Waals surface area contributed by atoms with Gasteiger partial charge < -0.3 is 10.6 Å².